The normalized spacial score (nSPS) is 14.6. The predicted octanol–water partition coefficient (Wildman–Crippen LogP) is 4.84. The fourth-order valence-corrected chi connectivity index (χ4v) is 3.54. The fraction of sp³-hybridized carbons (Fsp3) is 0.286. The third-order valence-corrected chi connectivity index (χ3v) is 4.67. The molecule has 24 heavy (non-hydrogen) atoms. The molecule has 2 aromatic carbocycles. The second-order valence-electron chi connectivity index (χ2n) is 6.09. The Morgan fingerprint density at radius 2 is 1.79 bits per heavy atom. The van der Waals surface area contributed by atoms with E-state index in [0.717, 1.165) is 35.1 Å². The zero-order valence-electron chi connectivity index (χ0n) is 13.6. The maximum Gasteiger partial charge on any atom is 0.163 e. The summed E-state index contributed by atoms with van der Waals surface area (Å²) in [6, 6.07) is 17.8. The van der Waals surface area contributed by atoms with Crippen LogP contribution >= 0.6 is 0 Å². The van der Waals surface area contributed by atoms with Crippen molar-refractivity contribution in [1.29, 1.82) is 10.5 Å². The maximum absolute atomic E-state index is 12.7. The van der Waals surface area contributed by atoms with Gasteiger partial charge < -0.3 is 0 Å². The van der Waals surface area contributed by atoms with Crippen LogP contribution in [0.15, 0.2) is 42.5 Å². The molecule has 0 radical (unpaired) electrons. The highest BCUT2D eigenvalue weighted by Crippen LogP contribution is 2.49. The molecule has 3 heteroatoms. The SMILES string of the molecule is CCCCC(=O)c1cccc2c1C(C(C#N)C#N)c1ccccc1-2. The van der Waals surface area contributed by atoms with E-state index in [1.165, 1.54) is 0 Å². The summed E-state index contributed by atoms with van der Waals surface area (Å²) in [5, 5.41) is 18.9. The number of Topliss-reactive ketones (excluding diaryl/α,β-unsaturated/α-hetero) is 1. The lowest BCUT2D eigenvalue weighted by Crippen LogP contribution is -2.13. The first-order valence-electron chi connectivity index (χ1n) is 8.27. The number of hydrogen-bond acceptors (Lipinski definition) is 3. The van der Waals surface area contributed by atoms with E-state index < -0.39 is 5.92 Å². The lowest BCUT2D eigenvalue weighted by atomic mass is 9.82. The van der Waals surface area contributed by atoms with E-state index in [9.17, 15) is 15.3 Å². The number of carbonyl (C=O) groups excluding carboxylic acids is 1. The minimum absolute atomic E-state index is 0.0983. The number of nitriles is 2. The third-order valence-electron chi connectivity index (χ3n) is 4.67. The van der Waals surface area contributed by atoms with Gasteiger partial charge in [0.1, 0.15) is 5.92 Å². The Hall–Kier alpha value is -2.91. The molecular weight excluding hydrogens is 296 g/mol. The van der Waals surface area contributed by atoms with Gasteiger partial charge >= 0.3 is 0 Å². The fourth-order valence-electron chi connectivity index (χ4n) is 3.54. The highest BCUT2D eigenvalue weighted by molar-refractivity contribution is 6.01. The lowest BCUT2D eigenvalue weighted by molar-refractivity contribution is 0.0978. The average molecular weight is 314 g/mol. The smallest absolute Gasteiger partial charge is 0.163 e. The number of rotatable bonds is 5. The minimum atomic E-state index is -0.799. The third kappa shape index (κ3) is 2.49. The molecule has 1 atom stereocenters. The first-order valence-corrected chi connectivity index (χ1v) is 8.27. The van der Waals surface area contributed by atoms with Crippen LogP contribution < -0.4 is 0 Å². The zero-order chi connectivity index (χ0) is 17.1. The molecule has 0 amide bonds. The molecule has 0 aromatic heterocycles. The van der Waals surface area contributed by atoms with Crippen molar-refractivity contribution in [2.75, 3.05) is 0 Å². The largest absolute Gasteiger partial charge is 0.294 e. The minimum Gasteiger partial charge on any atom is -0.294 e. The summed E-state index contributed by atoms with van der Waals surface area (Å²) in [5.41, 5.74) is 4.49. The summed E-state index contributed by atoms with van der Waals surface area (Å²) in [4.78, 5) is 12.7. The van der Waals surface area contributed by atoms with Crippen LogP contribution in [0, 0.1) is 28.6 Å². The first kappa shape index (κ1) is 16.0. The second-order valence-corrected chi connectivity index (χ2v) is 6.09. The van der Waals surface area contributed by atoms with Gasteiger partial charge in [0.2, 0.25) is 0 Å². The molecule has 1 unspecified atom stereocenters. The van der Waals surface area contributed by atoms with Crippen LogP contribution in [0.1, 0.15) is 53.6 Å². The summed E-state index contributed by atoms with van der Waals surface area (Å²) >= 11 is 0. The van der Waals surface area contributed by atoms with Crippen LogP contribution in [0.2, 0.25) is 0 Å². The molecule has 1 aliphatic carbocycles. The van der Waals surface area contributed by atoms with Crippen molar-refractivity contribution in [3.8, 4) is 23.3 Å². The maximum atomic E-state index is 12.7. The molecule has 1 aliphatic rings. The molecule has 0 heterocycles. The molecule has 2 aromatic rings. The van der Waals surface area contributed by atoms with Gasteiger partial charge in [0, 0.05) is 17.9 Å². The van der Waals surface area contributed by atoms with Crippen LogP contribution in [0.5, 0.6) is 0 Å². The van der Waals surface area contributed by atoms with Gasteiger partial charge in [-0.2, -0.15) is 10.5 Å². The Balaban J connectivity index is 2.20. The Bertz CT molecular complexity index is 856. The topological polar surface area (TPSA) is 64.7 Å². The Morgan fingerprint density at radius 1 is 1.08 bits per heavy atom. The van der Waals surface area contributed by atoms with Crippen molar-refractivity contribution >= 4 is 5.78 Å². The monoisotopic (exact) mass is 314 g/mol. The molecule has 0 aliphatic heterocycles. The van der Waals surface area contributed by atoms with Crippen molar-refractivity contribution in [1.82, 2.24) is 0 Å². The molecule has 0 bridgehead atoms. The average Bonchev–Trinajstić information content (AvgIpc) is 2.96. The summed E-state index contributed by atoms with van der Waals surface area (Å²) in [6.45, 7) is 2.06. The van der Waals surface area contributed by atoms with E-state index in [0.29, 0.717) is 12.0 Å². The van der Waals surface area contributed by atoms with Gasteiger partial charge in [-0.15, -0.1) is 0 Å². The Morgan fingerprint density at radius 3 is 2.50 bits per heavy atom. The van der Waals surface area contributed by atoms with Gasteiger partial charge in [-0.25, -0.2) is 0 Å². The van der Waals surface area contributed by atoms with Gasteiger partial charge in [-0.05, 0) is 28.7 Å². The number of nitrogens with zero attached hydrogens (tertiary/aromatic N) is 2. The Kier molecular flexibility index (Phi) is 4.45. The number of ketones is 1. The molecule has 0 saturated carbocycles. The van der Waals surface area contributed by atoms with Gasteiger partial charge in [0.05, 0.1) is 12.1 Å². The highest BCUT2D eigenvalue weighted by atomic mass is 16.1. The molecule has 0 saturated heterocycles. The standard InChI is InChI=1S/C21H18N2O/c1-2-3-11-19(24)18-10-6-9-17-15-7-4-5-8-16(15)20(21(17)18)14(12-22)13-23/h4-10,14,20H,2-3,11H2,1H3. The summed E-state index contributed by atoms with van der Waals surface area (Å²) in [6.07, 6.45) is 2.31. The van der Waals surface area contributed by atoms with E-state index in [2.05, 4.69) is 19.1 Å². The van der Waals surface area contributed by atoms with Crippen LogP contribution in [-0.2, 0) is 0 Å². The highest BCUT2D eigenvalue weighted by Gasteiger charge is 2.37. The summed E-state index contributed by atoms with van der Waals surface area (Å²) in [7, 11) is 0. The zero-order valence-corrected chi connectivity index (χ0v) is 13.6. The predicted molar refractivity (Wildman–Crippen MR) is 92.3 cm³/mol. The lowest BCUT2D eigenvalue weighted by Gasteiger charge is -2.17. The number of unbranched alkanes of at least 4 members (excludes halogenated alkanes) is 1. The van der Waals surface area contributed by atoms with Crippen LogP contribution in [0.25, 0.3) is 11.1 Å². The van der Waals surface area contributed by atoms with Crippen LogP contribution in [0.4, 0.5) is 0 Å². The van der Waals surface area contributed by atoms with E-state index >= 15 is 0 Å². The molecule has 0 N–H and O–H groups in total. The van der Waals surface area contributed by atoms with Gasteiger partial charge in [-0.3, -0.25) is 4.79 Å². The number of hydrogen-bond donors (Lipinski definition) is 0. The molecule has 118 valence electrons. The number of benzene rings is 2. The van der Waals surface area contributed by atoms with E-state index in [1.54, 1.807) is 0 Å². The molecule has 3 rings (SSSR count). The van der Waals surface area contributed by atoms with Crippen LogP contribution in [-0.4, -0.2) is 5.78 Å². The van der Waals surface area contributed by atoms with Gasteiger partial charge in [-0.1, -0.05) is 55.8 Å². The molecule has 3 nitrogen and oxygen atoms in total. The first-order chi connectivity index (χ1) is 11.7. The second kappa shape index (κ2) is 6.69. The summed E-state index contributed by atoms with van der Waals surface area (Å²) in [5.74, 6) is -1.05. The molecular formula is C21H18N2O. The van der Waals surface area contributed by atoms with Gasteiger partial charge in [0.25, 0.3) is 0 Å². The Labute approximate surface area is 142 Å². The van der Waals surface area contributed by atoms with Gasteiger partial charge in [0.15, 0.2) is 5.78 Å². The number of carbonyl (C=O) groups is 1. The quantitative estimate of drug-likeness (QED) is 0.742. The van der Waals surface area contributed by atoms with Crippen molar-refractivity contribution in [3.05, 3.63) is 59.2 Å². The van der Waals surface area contributed by atoms with E-state index in [1.807, 2.05) is 42.5 Å². The van der Waals surface area contributed by atoms with Crippen molar-refractivity contribution in [2.45, 2.75) is 32.1 Å². The van der Waals surface area contributed by atoms with Crippen LogP contribution in [0.3, 0.4) is 0 Å². The summed E-state index contributed by atoms with van der Waals surface area (Å²) < 4.78 is 0. The van der Waals surface area contributed by atoms with Crippen molar-refractivity contribution in [3.63, 3.8) is 0 Å². The molecule has 0 fully saturated rings. The van der Waals surface area contributed by atoms with E-state index in [4.69, 9.17) is 0 Å². The van der Waals surface area contributed by atoms with Crippen molar-refractivity contribution in [2.24, 2.45) is 5.92 Å². The molecule has 0 spiro atoms. The number of fused-ring (bicyclic) bond motifs is 3. The van der Waals surface area contributed by atoms with E-state index in [-0.39, 0.29) is 11.7 Å². The van der Waals surface area contributed by atoms with Crippen molar-refractivity contribution < 1.29 is 4.79 Å².